The Morgan fingerprint density at radius 1 is 1.00 bits per heavy atom. The van der Waals surface area contributed by atoms with Gasteiger partial charge >= 0.3 is 11.9 Å². The van der Waals surface area contributed by atoms with Gasteiger partial charge in [-0.1, -0.05) is 44.0 Å². The minimum absolute atomic E-state index is 0.241. The Hall–Kier alpha value is -1.84. The summed E-state index contributed by atoms with van der Waals surface area (Å²) in [5.41, 5.74) is 1.77. The normalized spacial score (nSPS) is 10.5. The van der Waals surface area contributed by atoms with Crippen LogP contribution in [0.4, 0.5) is 0 Å². The van der Waals surface area contributed by atoms with Crippen molar-refractivity contribution >= 4 is 11.9 Å². The topological polar surface area (TPSA) is 52.6 Å². The van der Waals surface area contributed by atoms with Crippen LogP contribution in [-0.2, 0) is 25.5 Å². The van der Waals surface area contributed by atoms with Crippen LogP contribution >= 0.6 is 0 Å². The van der Waals surface area contributed by atoms with Crippen LogP contribution in [0.1, 0.15) is 57.1 Å². The Balaban J connectivity index is 2.95. The molecule has 4 heteroatoms. The lowest BCUT2D eigenvalue weighted by molar-refractivity contribution is -0.156. The molecule has 1 rings (SSSR count). The lowest BCUT2D eigenvalue weighted by atomic mass is 9.95. The Bertz CT molecular complexity index is 464. The molecule has 122 valence electrons. The van der Waals surface area contributed by atoms with Gasteiger partial charge in [-0.05, 0) is 37.8 Å². The summed E-state index contributed by atoms with van der Waals surface area (Å²) in [6.07, 6.45) is 4.38. The number of ether oxygens (including phenoxy) is 2. The number of carbonyl (C=O) groups is 2. The molecule has 0 fully saturated rings. The van der Waals surface area contributed by atoms with Crippen LogP contribution in [0.15, 0.2) is 24.3 Å². The summed E-state index contributed by atoms with van der Waals surface area (Å²) in [4.78, 5) is 24.2. The van der Waals surface area contributed by atoms with Crippen molar-refractivity contribution < 1.29 is 19.1 Å². The number of aryl methyl sites for hydroxylation is 1. The number of hydrogen-bond acceptors (Lipinski definition) is 4. The Morgan fingerprint density at radius 3 is 2.18 bits per heavy atom. The van der Waals surface area contributed by atoms with Crippen molar-refractivity contribution in [1.82, 2.24) is 0 Å². The van der Waals surface area contributed by atoms with Crippen LogP contribution in [0, 0.1) is 0 Å². The molecule has 1 aromatic carbocycles. The number of benzene rings is 1. The fourth-order valence-corrected chi connectivity index (χ4v) is 2.33. The highest BCUT2D eigenvalue weighted by Gasteiger charge is 2.31. The van der Waals surface area contributed by atoms with Gasteiger partial charge in [-0.15, -0.1) is 0 Å². The second kappa shape index (κ2) is 9.98. The average molecular weight is 306 g/mol. The van der Waals surface area contributed by atoms with Crippen molar-refractivity contribution in [3.8, 4) is 0 Å². The molecule has 0 amide bonds. The first-order chi connectivity index (χ1) is 10.6. The van der Waals surface area contributed by atoms with E-state index in [-0.39, 0.29) is 13.2 Å². The molecule has 0 spiro atoms. The van der Waals surface area contributed by atoms with E-state index in [0.29, 0.717) is 5.56 Å². The highest BCUT2D eigenvalue weighted by atomic mass is 16.6. The van der Waals surface area contributed by atoms with E-state index < -0.39 is 17.9 Å². The number of rotatable bonds is 9. The quantitative estimate of drug-likeness (QED) is 0.397. The van der Waals surface area contributed by atoms with Crippen molar-refractivity contribution in [2.24, 2.45) is 0 Å². The second-order valence-corrected chi connectivity index (χ2v) is 5.14. The number of hydrogen-bond donors (Lipinski definition) is 0. The van der Waals surface area contributed by atoms with Gasteiger partial charge in [0.15, 0.2) is 5.92 Å². The molecule has 0 unspecified atom stereocenters. The molecule has 0 N–H and O–H groups in total. The molecule has 0 aliphatic rings. The van der Waals surface area contributed by atoms with Crippen molar-refractivity contribution in [2.75, 3.05) is 13.2 Å². The van der Waals surface area contributed by atoms with Crippen LogP contribution < -0.4 is 0 Å². The zero-order valence-corrected chi connectivity index (χ0v) is 13.8. The van der Waals surface area contributed by atoms with Gasteiger partial charge in [0.1, 0.15) is 0 Å². The summed E-state index contributed by atoms with van der Waals surface area (Å²) < 4.78 is 10.0. The summed E-state index contributed by atoms with van der Waals surface area (Å²) in [6.45, 7) is 6.09. The minimum atomic E-state index is -0.994. The molecule has 4 nitrogen and oxygen atoms in total. The van der Waals surface area contributed by atoms with Gasteiger partial charge in [-0.2, -0.15) is 0 Å². The fourth-order valence-electron chi connectivity index (χ4n) is 2.33. The van der Waals surface area contributed by atoms with Crippen molar-refractivity contribution in [3.63, 3.8) is 0 Å². The summed E-state index contributed by atoms with van der Waals surface area (Å²) >= 11 is 0. The third kappa shape index (κ3) is 5.51. The zero-order valence-electron chi connectivity index (χ0n) is 13.8. The first kappa shape index (κ1) is 18.2. The molecule has 0 atom stereocenters. The van der Waals surface area contributed by atoms with E-state index in [1.807, 2.05) is 18.2 Å². The standard InChI is InChI=1S/C18H26O4/c1-4-7-8-10-14-11-9-12-15(13-14)16(17(19)21-5-2)18(20)22-6-3/h9,11-13,16H,4-8,10H2,1-3H3. The Labute approximate surface area is 132 Å². The maximum atomic E-state index is 12.1. The monoisotopic (exact) mass is 306 g/mol. The molecule has 0 heterocycles. The van der Waals surface area contributed by atoms with Crippen LogP contribution in [0.5, 0.6) is 0 Å². The van der Waals surface area contributed by atoms with Crippen LogP contribution in [0.25, 0.3) is 0 Å². The van der Waals surface area contributed by atoms with Gasteiger partial charge in [-0.3, -0.25) is 9.59 Å². The smallest absolute Gasteiger partial charge is 0.324 e. The molecule has 0 aliphatic heterocycles. The van der Waals surface area contributed by atoms with E-state index >= 15 is 0 Å². The maximum absolute atomic E-state index is 12.1. The molecular formula is C18H26O4. The summed E-state index contributed by atoms with van der Waals surface area (Å²) in [7, 11) is 0. The van der Waals surface area contributed by atoms with E-state index in [9.17, 15) is 9.59 Å². The highest BCUT2D eigenvalue weighted by Crippen LogP contribution is 2.22. The Kier molecular flexibility index (Phi) is 8.26. The van der Waals surface area contributed by atoms with E-state index in [1.54, 1.807) is 19.9 Å². The van der Waals surface area contributed by atoms with E-state index in [0.717, 1.165) is 24.8 Å². The molecule has 0 aliphatic carbocycles. The summed E-state index contributed by atoms with van der Waals surface area (Å²) in [5, 5.41) is 0. The van der Waals surface area contributed by atoms with Gasteiger partial charge in [0.2, 0.25) is 0 Å². The SMILES string of the molecule is CCCCCc1cccc(C(C(=O)OCC)C(=O)OCC)c1. The molecule has 22 heavy (non-hydrogen) atoms. The molecule has 0 bridgehead atoms. The van der Waals surface area contributed by atoms with Crippen molar-refractivity contribution in [3.05, 3.63) is 35.4 Å². The first-order valence-electron chi connectivity index (χ1n) is 8.06. The van der Waals surface area contributed by atoms with Crippen molar-refractivity contribution in [2.45, 2.75) is 52.4 Å². The maximum Gasteiger partial charge on any atom is 0.324 e. The molecular weight excluding hydrogens is 280 g/mol. The Morgan fingerprint density at radius 2 is 1.64 bits per heavy atom. The zero-order chi connectivity index (χ0) is 16.4. The highest BCUT2D eigenvalue weighted by molar-refractivity contribution is 6.00. The second-order valence-electron chi connectivity index (χ2n) is 5.14. The molecule has 0 aromatic heterocycles. The van der Waals surface area contributed by atoms with E-state index in [4.69, 9.17) is 9.47 Å². The molecule has 0 saturated heterocycles. The fraction of sp³-hybridized carbons (Fsp3) is 0.556. The number of esters is 2. The van der Waals surface area contributed by atoms with Crippen LogP contribution in [0.2, 0.25) is 0 Å². The van der Waals surface area contributed by atoms with Crippen molar-refractivity contribution in [1.29, 1.82) is 0 Å². The third-order valence-corrected chi connectivity index (χ3v) is 3.40. The van der Waals surface area contributed by atoms with Gasteiger partial charge in [0, 0.05) is 0 Å². The average Bonchev–Trinajstić information content (AvgIpc) is 2.49. The molecule has 0 saturated carbocycles. The lowest BCUT2D eigenvalue weighted by Crippen LogP contribution is -2.26. The number of unbranched alkanes of at least 4 members (excludes halogenated alkanes) is 2. The van der Waals surface area contributed by atoms with Gasteiger partial charge in [-0.25, -0.2) is 0 Å². The third-order valence-electron chi connectivity index (χ3n) is 3.40. The molecule has 0 radical (unpaired) electrons. The van der Waals surface area contributed by atoms with Gasteiger partial charge in [0.05, 0.1) is 13.2 Å². The van der Waals surface area contributed by atoms with Gasteiger partial charge < -0.3 is 9.47 Å². The largest absolute Gasteiger partial charge is 0.465 e. The van der Waals surface area contributed by atoms with E-state index in [2.05, 4.69) is 6.92 Å². The summed E-state index contributed by atoms with van der Waals surface area (Å²) in [5.74, 6) is -2.09. The minimum Gasteiger partial charge on any atom is -0.465 e. The van der Waals surface area contributed by atoms with Gasteiger partial charge in [0.25, 0.3) is 0 Å². The first-order valence-corrected chi connectivity index (χ1v) is 8.06. The number of carbonyl (C=O) groups excluding carboxylic acids is 2. The molecule has 1 aromatic rings. The lowest BCUT2D eigenvalue weighted by Gasteiger charge is -2.15. The van der Waals surface area contributed by atoms with Crippen LogP contribution in [0.3, 0.4) is 0 Å². The summed E-state index contributed by atoms with van der Waals surface area (Å²) in [6, 6.07) is 7.59. The van der Waals surface area contributed by atoms with E-state index in [1.165, 1.54) is 6.42 Å². The van der Waals surface area contributed by atoms with Crippen LogP contribution in [-0.4, -0.2) is 25.2 Å². The predicted octanol–water partition coefficient (Wildman–Crippen LogP) is 3.63. The predicted molar refractivity (Wildman–Crippen MR) is 85.7 cm³/mol.